The summed E-state index contributed by atoms with van der Waals surface area (Å²) >= 11 is 0. The highest BCUT2D eigenvalue weighted by atomic mass is 15.1. The van der Waals surface area contributed by atoms with E-state index in [4.69, 9.17) is 0 Å². The van der Waals surface area contributed by atoms with Crippen LogP contribution in [0.15, 0.2) is 18.5 Å². The van der Waals surface area contributed by atoms with Crippen molar-refractivity contribution in [3.05, 3.63) is 24.0 Å². The van der Waals surface area contributed by atoms with Crippen molar-refractivity contribution < 1.29 is 0 Å². The van der Waals surface area contributed by atoms with Crippen LogP contribution in [0.5, 0.6) is 0 Å². The first-order valence-corrected chi connectivity index (χ1v) is 6.66. The monoisotopic (exact) mass is 250 g/mol. The van der Waals surface area contributed by atoms with Crippen LogP contribution in [0.2, 0.25) is 0 Å². The van der Waals surface area contributed by atoms with Gasteiger partial charge >= 0.3 is 0 Å². The summed E-state index contributed by atoms with van der Waals surface area (Å²) < 4.78 is 0. The standard InChI is InChI=1S/C14H26N4/c1-5-18(10-6-9-17(3)4)14-7-8-16-12-13(14)11-15-2/h7-8,12,15H,5-6,9-11H2,1-4H3. The molecule has 0 aromatic carbocycles. The second-order valence-electron chi connectivity index (χ2n) is 4.77. The summed E-state index contributed by atoms with van der Waals surface area (Å²) in [5.74, 6) is 0. The molecule has 0 unspecified atom stereocenters. The minimum atomic E-state index is 0.868. The third-order valence-corrected chi connectivity index (χ3v) is 3.00. The van der Waals surface area contributed by atoms with Crippen molar-refractivity contribution in [2.75, 3.05) is 45.7 Å². The summed E-state index contributed by atoms with van der Waals surface area (Å²) in [6.45, 7) is 6.33. The number of nitrogens with one attached hydrogen (secondary N) is 1. The van der Waals surface area contributed by atoms with Gasteiger partial charge in [-0.3, -0.25) is 4.98 Å². The van der Waals surface area contributed by atoms with E-state index in [1.807, 2.05) is 19.4 Å². The van der Waals surface area contributed by atoms with Gasteiger partial charge in [0.1, 0.15) is 0 Å². The van der Waals surface area contributed by atoms with Gasteiger partial charge in [0.25, 0.3) is 0 Å². The summed E-state index contributed by atoms with van der Waals surface area (Å²) in [4.78, 5) is 8.87. The van der Waals surface area contributed by atoms with Gasteiger partial charge in [-0.05, 0) is 47.1 Å². The van der Waals surface area contributed by atoms with E-state index in [2.05, 4.69) is 47.2 Å². The lowest BCUT2D eigenvalue weighted by atomic mass is 10.2. The molecule has 0 saturated heterocycles. The minimum Gasteiger partial charge on any atom is -0.371 e. The molecule has 0 atom stereocenters. The van der Waals surface area contributed by atoms with Crippen LogP contribution in [0.3, 0.4) is 0 Å². The molecule has 0 aliphatic carbocycles. The van der Waals surface area contributed by atoms with E-state index in [9.17, 15) is 0 Å². The lowest BCUT2D eigenvalue weighted by Crippen LogP contribution is -2.28. The number of nitrogens with zero attached hydrogens (tertiary/aromatic N) is 3. The molecule has 18 heavy (non-hydrogen) atoms. The summed E-state index contributed by atoms with van der Waals surface area (Å²) in [5, 5.41) is 3.20. The largest absolute Gasteiger partial charge is 0.371 e. The van der Waals surface area contributed by atoms with Crippen LogP contribution in [0.1, 0.15) is 18.9 Å². The maximum atomic E-state index is 4.21. The summed E-state index contributed by atoms with van der Waals surface area (Å²) in [7, 11) is 6.21. The van der Waals surface area contributed by atoms with E-state index in [0.29, 0.717) is 0 Å². The van der Waals surface area contributed by atoms with Gasteiger partial charge in [0.15, 0.2) is 0 Å². The van der Waals surface area contributed by atoms with Crippen LogP contribution in [-0.4, -0.2) is 50.7 Å². The topological polar surface area (TPSA) is 31.4 Å². The van der Waals surface area contributed by atoms with Crippen molar-refractivity contribution in [3.63, 3.8) is 0 Å². The van der Waals surface area contributed by atoms with Gasteiger partial charge in [-0.2, -0.15) is 0 Å². The highest BCUT2D eigenvalue weighted by Crippen LogP contribution is 2.19. The van der Waals surface area contributed by atoms with Crippen molar-refractivity contribution >= 4 is 5.69 Å². The number of hydrogen-bond acceptors (Lipinski definition) is 4. The lowest BCUT2D eigenvalue weighted by molar-refractivity contribution is 0.400. The molecule has 0 amide bonds. The number of anilines is 1. The smallest absolute Gasteiger partial charge is 0.0442 e. The van der Waals surface area contributed by atoms with Gasteiger partial charge in [0.2, 0.25) is 0 Å². The van der Waals surface area contributed by atoms with Gasteiger partial charge in [0, 0.05) is 43.3 Å². The maximum Gasteiger partial charge on any atom is 0.0442 e. The third-order valence-electron chi connectivity index (χ3n) is 3.00. The van der Waals surface area contributed by atoms with Crippen molar-refractivity contribution in [3.8, 4) is 0 Å². The first kappa shape index (κ1) is 14.9. The number of rotatable bonds is 8. The van der Waals surface area contributed by atoms with Crippen molar-refractivity contribution in [1.82, 2.24) is 15.2 Å². The van der Waals surface area contributed by atoms with E-state index in [0.717, 1.165) is 26.2 Å². The van der Waals surface area contributed by atoms with Crippen LogP contribution >= 0.6 is 0 Å². The normalized spacial score (nSPS) is 10.9. The number of aromatic nitrogens is 1. The molecule has 0 fully saturated rings. The Bertz CT molecular complexity index is 338. The molecular weight excluding hydrogens is 224 g/mol. The molecule has 1 aromatic rings. The highest BCUT2D eigenvalue weighted by molar-refractivity contribution is 5.52. The Morgan fingerprint density at radius 2 is 2.06 bits per heavy atom. The van der Waals surface area contributed by atoms with E-state index in [1.165, 1.54) is 17.7 Å². The van der Waals surface area contributed by atoms with Crippen molar-refractivity contribution in [2.24, 2.45) is 0 Å². The molecule has 1 N–H and O–H groups in total. The Hall–Kier alpha value is -1.13. The van der Waals surface area contributed by atoms with Gasteiger partial charge < -0.3 is 15.1 Å². The average molecular weight is 250 g/mol. The SMILES string of the molecule is CCN(CCCN(C)C)c1ccncc1CNC. The quantitative estimate of drug-likeness (QED) is 0.759. The fourth-order valence-corrected chi connectivity index (χ4v) is 2.08. The molecule has 0 aliphatic heterocycles. The van der Waals surface area contributed by atoms with Gasteiger partial charge in [-0.25, -0.2) is 0 Å². The Morgan fingerprint density at radius 3 is 2.67 bits per heavy atom. The molecule has 1 aromatic heterocycles. The first-order valence-electron chi connectivity index (χ1n) is 6.66. The molecule has 102 valence electrons. The molecule has 4 heteroatoms. The predicted molar refractivity (Wildman–Crippen MR) is 78.1 cm³/mol. The van der Waals surface area contributed by atoms with Crippen LogP contribution in [0, 0.1) is 0 Å². The molecule has 0 aliphatic rings. The van der Waals surface area contributed by atoms with Crippen molar-refractivity contribution in [2.45, 2.75) is 19.9 Å². The van der Waals surface area contributed by atoms with Gasteiger partial charge in [0.05, 0.1) is 0 Å². The first-order chi connectivity index (χ1) is 8.69. The van der Waals surface area contributed by atoms with Crippen LogP contribution < -0.4 is 10.2 Å². The molecule has 0 saturated carbocycles. The second kappa shape index (κ2) is 8.06. The zero-order chi connectivity index (χ0) is 13.4. The molecule has 1 heterocycles. The van der Waals surface area contributed by atoms with Crippen LogP contribution in [-0.2, 0) is 6.54 Å². The second-order valence-corrected chi connectivity index (χ2v) is 4.77. The number of hydrogen-bond donors (Lipinski definition) is 1. The molecular formula is C14H26N4. The van der Waals surface area contributed by atoms with E-state index in [1.54, 1.807) is 0 Å². The third kappa shape index (κ3) is 4.63. The Labute approximate surface area is 111 Å². The fraction of sp³-hybridized carbons (Fsp3) is 0.643. The van der Waals surface area contributed by atoms with Gasteiger partial charge in [-0.1, -0.05) is 0 Å². The predicted octanol–water partition coefficient (Wildman–Crippen LogP) is 1.58. The summed E-state index contributed by atoms with van der Waals surface area (Å²) in [6, 6.07) is 2.12. The molecule has 4 nitrogen and oxygen atoms in total. The zero-order valence-electron chi connectivity index (χ0n) is 12.1. The highest BCUT2D eigenvalue weighted by Gasteiger charge is 2.09. The fourth-order valence-electron chi connectivity index (χ4n) is 2.08. The molecule has 0 spiro atoms. The van der Waals surface area contributed by atoms with Gasteiger partial charge in [-0.15, -0.1) is 0 Å². The molecule has 0 bridgehead atoms. The van der Waals surface area contributed by atoms with Crippen LogP contribution in [0.4, 0.5) is 5.69 Å². The van der Waals surface area contributed by atoms with Crippen molar-refractivity contribution in [1.29, 1.82) is 0 Å². The molecule has 1 rings (SSSR count). The van der Waals surface area contributed by atoms with E-state index < -0.39 is 0 Å². The Balaban J connectivity index is 2.68. The van der Waals surface area contributed by atoms with Crippen LogP contribution in [0.25, 0.3) is 0 Å². The maximum absolute atomic E-state index is 4.21. The Morgan fingerprint density at radius 1 is 1.28 bits per heavy atom. The summed E-state index contributed by atoms with van der Waals surface area (Å²) in [5.41, 5.74) is 2.58. The average Bonchev–Trinajstić information content (AvgIpc) is 2.36. The van der Waals surface area contributed by atoms with E-state index in [-0.39, 0.29) is 0 Å². The van der Waals surface area contributed by atoms with E-state index >= 15 is 0 Å². The molecule has 0 radical (unpaired) electrons. The number of pyridine rings is 1. The lowest BCUT2D eigenvalue weighted by Gasteiger charge is -2.26. The minimum absolute atomic E-state index is 0.868. The Kier molecular flexibility index (Phi) is 6.68. The summed E-state index contributed by atoms with van der Waals surface area (Å²) in [6.07, 6.45) is 5.02. The zero-order valence-corrected chi connectivity index (χ0v) is 12.1.